The summed E-state index contributed by atoms with van der Waals surface area (Å²) in [6.45, 7) is 7.03. The molecule has 0 aliphatic rings. The average molecular weight is 296 g/mol. The minimum atomic E-state index is -0.614. The van der Waals surface area contributed by atoms with Crippen LogP contribution in [0.2, 0.25) is 0 Å². The quantitative estimate of drug-likeness (QED) is 0.613. The predicted molar refractivity (Wildman–Crippen MR) is 88.6 cm³/mol. The molecule has 4 N–H and O–H groups in total. The van der Waals surface area contributed by atoms with Gasteiger partial charge in [0, 0.05) is 18.3 Å². The van der Waals surface area contributed by atoms with Crippen molar-refractivity contribution in [3.05, 3.63) is 35.9 Å². The number of aliphatic hydroxyl groups is 1. The molecule has 0 amide bonds. The Morgan fingerprint density at radius 1 is 1.20 bits per heavy atom. The normalized spacial score (nSPS) is 16.1. The van der Waals surface area contributed by atoms with Crippen LogP contribution in [0, 0.1) is 11.8 Å². The van der Waals surface area contributed by atoms with E-state index in [1.54, 1.807) is 0 Å². The Morgan fingerprint density at radius 2 is 1.85 bits per heavy atom. The summed E-state index contributed by atoms with van der Waals surface area (Å²) in [6, 6.07) is 10.3. The molecule has 0 bridgehead atoms. The van der Waals surface area contributed by atoms with Crippen molar-refractivity contribution < 1.29 is 5.11 Å². The van der Waals surface area contributed by atoms with E-state index in [0.29, 0.717) is 5.92 Å². The molecule has 0 radical (unpaired) electrons. The summed E-state index contributed by atoms with van der Waals surface area (Å²) in [5, 5.41) is 13.0. The minimum Gasteiger partial charge on any atom is -0.377 e. The smallest absolute Gasteiger partial charge is 0.120 e. The number of hydrogen-bond donors (Lipinski definition) is 3. The maximum atomic E-state index is 9.90. The van der Waals surface area contributed by atoms with Gasteiger partial charge in [0.05, 0.1) is 0 Å². The topological polar surface area (TPSA) is 58.3 Å². The predicted octanol–water partition coefficient (Wildman–Crippen LogP) is 2.45. The Balaban J connectivity index is 2.16. The monoisotopic (exact) mass is 296 g/mol. The molecule has 0 saturated heterocycles. The van der Waals surface area contributed by atoms with Gasteiger partial charge in [-0.25, -0.2) is 0 Å². The van der Waals surface area contributed by atoms with Gasteiger partial charge in [-0.1, -0.05) is 51.1 Å². The van der Waals surface area contributed by atoms with Gasteiger partial charge in [0.25, 0.3) is 0 Å². The lowest BCUT2D eigenvalue weighted by Gasteiger charge is -2.24. The SMILES string of the molecule is CC(CNC(O)C(N)C(C)C)CSCc1ccccc1. The molecule has 0 aliphatic heterocycles. The van der Waals surface area contributed by atoms with E-state index >= 15 is 0 Å². The van der Waals surface area contributed by atoms with Gasteiger partial charge in [-0.2, -0.15) is 11.8 Å². The Hall–Kier alpha value is -0.550. The maximum Gasteiger partial charge on any atom is 0.120 e. The van der Waals surface area contributed by atoms with Gasteiger partial charge < -0.3 is 10.8 Å². The molecular formula is C16H28N2OS. The highest BCUT2D eigenvalue weighted by Crippen LogP contribution is 2.15. The van der Waals surface area contributed by atoms with Gasteiger partial charge in [0.2, 0.25) is 0 Å². The largest absolute Gasteiger partial charge is 0.377 e. The molecule has 0 fully saturated rings. The summed E-state index contributed by atoms with van der Waals surface area (Å²) in [5.41, 5.74) is 7.27. The van der Waals surface area contributed by atoms with Crippen LogP contribution in [0.4, 0.5) is 0 Å². The first kappa shape index (κ1) is 17.5. The first-order chi connectivity index (χ1) is 9.50. The molecule has 114 valence electrons. The molecule has 4 heteroatoms. The molecule has 3 nitrogen and oxygen atoms in total. The number of benzene rings is 1. The average Bonchev–Trinajstić information content (AvgIpc) is 2.45. The Labute approximate surface area is 127 Å². The zero-order chi connectivity index (χ0) is 15.0. The van der Waals surface area contributed by atoms with Gasteiger partial charge in [0.15, 0.2) is 0 Å². The number of nitrogens with two attached hydrogens (primary N) is 1. The summed E-state index contributed by atoms with van der Waals surface area (Å²) < 4.78 is 0. The second kappa shape index (κ2) is 9.40. The van der Waals surface area contributed by atoms with Crippen molar-refractivity contribution >= 4 is 11.8 Å². The zero-order valence-corrected chi connectivity index (χ0v) is 13.6. The fourth-order valence-corrected chi connectivity index (χ4v) is 2.90. The van der Waals surface area contributed by atoms with E-state index in [1.807, 2.05) is 31.7 Å². The van der Waals surface area contributed by atoms with Crippen LogP contribution in [0.5, 0.6) is 0 Å². The lowest BCUT2D eigenvalue weighted by molar-refractivity contribution is 0.0885. The van der Waals surface area contributed by atoms with Crippen molar-refractivity contribution in [2.45, 2.75) is 38.8 Å². The third-order valence-corrected chi connectivity index (χ3v) is 4.67. The van der Waals surface area contributed by atoms with E-state index in [4.69, 9.17) is 5.73 Å². The molecule has 1 aromatic rings. The van der Waals surface area contributed by atoms with E-state index in [-0.39, 0.29) is 12.0 Å². The molecule has 3 unspecified atom stereocenters. The summed E-state index contributed by atoms with van der Waals surface area (Å²) in [6.07, 6.45) is -0.614. The van der Waals surface area contributed by atoms with Crippen molar-refractivity contribution in [1.82, 2.24) is 5.32 Å². The van der Waals surface area contributed by atoms with E-state index in [0.717, 1.165) is 18.1 Å². The molecule has 3 atom stereocenters. The third kappa shape index (κ3) is 6.75. The van der Waals surface area contributed by atoms with Crippen LogP contribution < -0.4 is 11.1 Å². The standard InChI is InChI=1S/C16H28N2OS/c1-12(2)15(17)16(19)18-9-13(3)10-20-11-14-7-5-4-6-8-14/h4-8,12-13,15-16,18-19H,9-11,17H2,1-3H3. The number of nitrogens with one attached hydrogen (secondary N) is 1. The highest BCUT2D eigenvalue weighted by Gasteiger charge is 2.18. The van der Waals surface area contributed by atoms with Gasteiger partial charge in [0.1, 0.15) is 6.23 Å². The number of aliphatic hydroxyl groups excluding tert-OH is 1. The molecule has 0 saturated carbocycles. The summed E-state index contributed by atoms with van der Waals surface area (Å²) >= 11 is 1.93. The summed E-state index contributed by atoms with van der Waals surface area (Å²) in [5.74, 6) is 2.91. The van der Waals surface area contributed by atoms with Crippen LogP contribution in [-0.2, 0) is 5.75 Å². The molecule has 0 heterocycles. The van der Waals surface area contributed by atoms with Crippen molar-refractivity contribution in [2.24, 2.45) is 17.6 Å². The molecule has 20 heavy (non-hydrogen) atoms. The fourth-order valence-electron chi connectivity index (χ4n) is 1.83. The maximum absolute atomic E-state index is 9.90. The first-order valence-electron chi connectivity index (χ1n) is 7.29. The van der Waals surface area contributed by atoms with Gasteiger partial charge in [-0.05, 0) is 23.2 Å². The second-order valence-corrected chi connectivity index (χ2v) is 6.81. The number of hydrogen-bond acceptors (Lipinski definition) is 4. The molecule has 0 aromatic heterocycles. The van der Waals surface area contributed by atoms with Crippen molar-refractivity contribution in [2.75, 3.05) is 12.3 Å². The Kier molecular flexibility index (Phi) is 8.22. The second-order valence-electron chi connectivity index (χ2n) is 5.78. The van der Waals surface area contributed by atoms with Gasteiger partial charge in [-0.3, -0.25) is 5.32 Å². The molecule has 1 rings (SSSR count). The lowest BCUT2D eigenvalue weighted by atomic mass is 10.0. The Morgan fingerprint density at radius 3 is 2.45 bits per heavy atom. The van der Waals surface area contributed by atoms with E-state index < -0.39 is 6.23 Å². The van der Waals surface area contributed by atoms with Crippen LogP contribution in [0.3, 0.4) is 0 Å². The van der Waals surface area contributed by atoms with Crippen LogP contribution in [0.15, 0.2) is 30.3 Å². The van der Waals surface area contributed by atoms with Crippen molar-refractivity contribution in [3.8, 4) is 0 Å². The van der Waals surface area contributed by atoms with E-state index in [2.05, 4.69) is 36.5 Å². The van der Waals surface area contributed by atoms with Gasteiger partial charge in [-0.15, -0.1) is 0 Å². The highest BCUT2D eigenvalue weighted by molar-refractivity contribution is 7.98. The molecular weight excluding hydrogens is 268 g/mol. The summed E-state index contributed by atoms with van der Waals surface area (Å²) in [4.78, 5) is 0. The van der Waals surface area contributed by atoms with Crippen LogP contribution >= 0.6 is 11.8 Å². The third-order valence-electron chi connectivity index (χ3n) is 3.32. The van der Waals surface area contributed by atoms with E-state index in [1.165, 1.54) is 5.56 Å². The number of thioether (sulfide) groups is 1. The summed E-state index contributed by atoms with van der Waals surface area (Å²) in [7, 11) is 0. The van der Waals surface area contributed by atoms with Crippen LogP contribution in [-0.4, -0.2) is 29.7 Å². The van der Waals surface area contributed by atoms with Crippen molar-refractivity contribution in [3.63, 3.8) is 0 Å². The van der Waals surface area contributed by atoms with Crippen LogP contribution in [0.1, 0.15) is 26.3 Å². The zero-order valence-electron chi connectivity index (χ0n) is 12.8. The molecule has 0 spiro atoms. The van der Waals surface area contributed by atoms with Crippen LogP contribution in [0.25, 0.3) is 0 Å². The minimum absolute atomic E-state index is 0.209. The highest BCUT2D eigenvalue weighted by atomic mass is 32.2. The lowest BCUT2D eigenvalue weighted by Crippen LogP contribution is -2.49. The molecule has 1 aromatic carbocycles. The number of rotatable bonds is 9. The van der Waals surface area contributed by atoms with Gasteiger partial charge >= 0.3 is 0 Å². The van der Waals surface area contributed by atoms with Crippen molar-refractivity contribution in [1.29, 1.82) is 0 Å². The first-order valence-corrected chi connectivity index (χ1v) is 8.45. The fraction of sp³-hybridized carbons (Fsp3) is 0.625. The van der Waals surface area contributed by atoms with E-state index in [9.17, 15) is 5.11 Å². The Bertz CT molecular complexity index is 359. The molecule has 0 aliphatic carbocycles.